The number of hydrogen-bond acceptors (Lipinski definition) is 4. The van der Waals surface area contributed by atoms with Crippen LogP contribution < -0.4 is 10.5 Å². The summed E-state index contributed by atoms with van der Waals surface area (Å²) in [5.74, 6) is 2.31. The lowest BCUT2D eigenvalue weighted by Gasteiger charge is -2.04. The molecule has 1 fully saturated rings. The molecule has 0 bridgehead atoms. The third kappa shape index (κ3) is 2.02. The quantitative estimate of drug-likeness (QED) is 0.732. The number of nitrogen functional groups attached to an aromatic ring is 1. The lowest BCUT2D eigenvalue weighted by molar-refractivity contribution is 0.346. The molecule has 0 radical (unpaired) electrons. The van der Waals surface area contributed by atoms with Gasteiger partial charge in [-0.1, -0.05) is 12.7 Å². The van der Waals surface area contributed by atoms with Crippen LogP contribution in [0.5, 0.6) is 5.88 Å². The van der Waals surface area contributed by atoms with Crippen LogP contribution in [0.4, 0.5) is 5.82 Å². The molecule has 0 spiro atoms. The molecule has 1 aliphatic rings. The van der Waals surface area contributed by atoms with Crippen LogP contribution in [0.15, 0.2) is 18.7 Å². The van der Waals surface area contributed by atoms with Gasteiger partial charge in [0.2, 0.25) is 5.88 Å². The summed E-state index contributed by atoms with van der Waals surface area (Å²) < 4.78 is 5.31. The Balaban J connectivity index is 2.17. The number of rotatable bonds is 4. The predicted octanol–water partition coefficient (Wildman–Crippen LogP) is 1.50. The highest BCUT2D eigenvalue weighted by Gasteiger charge is 2.27. The Bertz CT molecular complexity index is 347. The van der Waals surface area contributed by atoms with Gasteiger partial charge in [0.25, 0.3) is 0 Å². The Labute approximate surface area is 82.8 Å². The van der Waals surface area contributed by atoms with Crippen LogP contribution >= 0.6 is 0 Å². The van der Waals surface area contributed by atoms with Crippen molar-refractivity contribution < 1.29 is 4.74 Å². The van der Waals surface area contributed by atoms with Crippen molar-refractivity contribution in [3.8, 4) is 5.88 Å². The topological polar surface area (TPSA) is 61.0 Å². The van der Waals surface area contributed by atoms with Crippen molar-refractivity contribution >= 4 is 5.82 Å². The van der Waals surface area contributed by atoms with Gasteiger partial charge >= 0.3 is 0 Å². The first-order valence-electron chi connectivity index (χ1n) is 4.67. The SMILES string of the molecule is C=CCOc1cc(N)nc(C2CC2)n1. The molecular weight excluding hydrogens is 178 g/mol. The van der Waals surface area contributed by atoms with E-state index in [1.165, 1.54) is 0 Å². The van der Waals surface area contributed by atoms with Crippen LogP contribution in [0.25, 0.3) is 0 Å². The van der Waals surface area contributed by atoms with Crippen LogP contribution in [0.3, 0.4) is 0 Å². The van der Waals surface area contributed by atoms with Gasteiger partial charge < -0.3 is 10.5 Å². The van der Waals surface area contributed by atoms with Crippen molar-refractivity contribution in [3.05, 3.63) is 24.5 Å². The van der Waals surface area contributed by atoms with Crippen LogP contribution in [0.2, 0.25) is 0 Å². The summed E-state index contributed by atoms with van der Waals surface area (Å²) in [7, 11) is 0. The lowest BCUT2D eigenvalue weighted by Crippen LogP contribution is -2.02. The van der Waals surface area contributed by atoms with Crippen molar-refractivity contribution in [2.75, 3.05) is 12.3 Å². The molecule has 4 nitrogen and oxygen atoms in total. The third-order valence-electron chi connectivity index (χ3n) is 2.03. The standard InChI is InChI=1S/C10H13N3O/c1-2-5-14-9-6-8(11)12-10(13-9)7-3-4-7/h2,6-7H,1,3-5H2,(H2,11,12,13). The second-order valence-electron chi connectivity index (χ2n) is 3.36. The van der Waals surface area contributed by atoms with E-state index in [-0.39, 0.29) is 0 Å². The van der Waals surface area contributed by atoms with Gasteiger partial charge in [0.05, 0.1) is 0 Å². The molecule has 1 aromatic heterocycles. The largest absolute Gasteiger partial charge is 0.473 e. The first-order chi connectivity index (χ1) is 6.79. The van der Waals surface area contributed by atoms with Crippen LogP contribution in [0, 0.1) is 0 Å². The van der Waals surface area contributed by atoms with E-state index in [1.807, 2.05) is 0 Å². The van der Waals surface area contributed by atoms with Gasteiger partial charge in [-0.2, -0.15) is 4.98 Å². The molecular formula is C10H13N3O. The zero-order chi connectivity index (χ0) is 9.97. The maximum Gasteiger partial charge on any atom is 0.219 e. The van der Waals surface area contributed by atoms with Crippen molar-refractivity contribution in [2.45, 2.75) is 18.8 Å². The monoisotopic (exact) mass is 191 g/mol. The van der Waals surface area contributed by atoms with E-state index in [2.05, 4.69) is 16.5 Å². The van der Waals surface area contributed by atoms with Crippen LogP contribution in [0.1, 0.15) is 24.6 Å². The van der Waals surface area contributed by atoms with Crippen molar-refractivity contribution in [1.29, 1.82) is 0 Å². The van der Waals surface area contributed by atoms with Crippen molar-refractivity contribution in [1.82, 2.24) is 9.97 Å². The fourth-order valence-corrected chi connectivity index (χ4v) is 1.20. The molecule has 0 unspecified atom stereocenters. The summed E-state index contributed by atoms with van der Waals surface area (Å²) in [6, 6.07) is 1.63. The van der Waals surface area contributed by atoms with Crippen LogP contribution in [-0.2, 0) is 0 Å². The molecule has 0 saturated heterocycles. The fraction of sp³-hybridized carbons (Fsp3) is 0.400. The molecule has 2 N–H and O–H groups in total. The van der Waals surface area contributed by atoms with Gasteiger partial charge in [0.15, 0.2) is 0 Å². The van der Waals surface area contributed by atoms with E-state index < -0.39 is 0 Å². The Hall–Kier alpha value is -1.58. The van der Waals surface area contributed by atoms with E-state index in [4.69, 9.17) is 10.5 Å². The molecule has 14 heavy (non-hydrogen) atoms. The minimum Gasteiger partial charge on any atom is -0.473 e. The van der Waals surface area contributed by atoms with Gasteiger partial charge in [0.1, 0.15) is 18.2 Å². The number of aromatic nitrogens is 2. The van der Waals surface area contributed by atoms with E-state index in [1.54, 1.807) is 12.1 Å². The van der Waals surface area contributed by atoms with Gasteiger partial charge in [-0.05, 0) is 12.8 Å². The third-order valence-corrected chi connectivity index (χ3v) is 2.03. The van der Waals surface area contributed by atoms with Gasteiger partial charge in [0, 0.05) is 12.0 Å². The smallest absolute Gasteiger partial charge is 0.219 e. The minimum absolute atomic E-state index is 0.445. The molecule has 1 saturated carbocycles. The molecule has 0 aliphatic heterocycles. The molecule has 4 heteroatoms. The highest BCUT2D eigenvalue weighted by molar-refractivity contribution is 5.34. The number of hydrogen-bond donors (Lipinski definition) is 1. The van der Waals surface area contributed by atoms with E-state index in [9.17, 15) is 0 Å². The Morgan fingerprint density at radius 1 is 1.57 bits per heavy atom. The molecule has 2 rings (SSSR count). The van der Waals surface area contributed by atoms with E-state index >= 15 is 0 Å². The molecule has 1 aromatic rings. The maximum atomic E-state index is 5.64. The highest BCUT2D eigenvalue weighted by Crippen LogP contribution is 2.38. The summed E-state index contributed by atoms with van der Waals surface area (Å²) in [6.07, 6.45) is 3.99. The molecule has 74 valence electrons. The lowest BCUT2D eigenvalue weighted by atomic mass is 10.4. The number of anilines is 1. The number of nitrogens with two attached hydrogens (primary N) is 1. The highest BCUT2D eigenvalue weighted by atomic mass is 16.5. The second-order valence-corrected chi connectivity index (χ2v) is 3.36. The predicted molar refractivity (Wildman–Crippen MR) is 54.1 cm³/mol. The second kappa shape index (κ2) is 3.65. The molecule has 1 heterocycles. The first-order valence-corrected chi connectivity index (χ1v) is 4.67. The average Bonchev–Trinajstić information content (AvgIpc) is 2.97. The van der Waals surface area contributed by atoms with Crippen molar-refractivity contribution in [2.24, 2.45) is 0 Å². The summed E-state index contributed by atoms with van der Waals surface area (Å²) >= 11 is 0. The summed E-state index contributed by atoms with van der Waals surface area (Å²) in [5.41, 5.74) is 5.64. The maximum absolute atomic E-state index is 5.64. The Kier molecular flexibility index (Phi) is 2.35. The molecule has 0 atom stereocenters. The Morgan fingerprint density at radius 3 is 3.00 bits per heavy atom. The summed E-state index contributed by atoms with van der Waals surface area (Å²) in [5, 5.41) is 0. The zero-order valence-corrected chi connectivity index (χ0v) is 7.94. The first kappa shape index (κ1) is 8.99. The average molecular weight is 191 g/mol. The van der Waals surface area contributed by atoms with E-state index in [0.717, 1.165) is 18.7 Å². The number of ether oxygens (including phenoxy) is 1. The summed E-state index contributed by atoms with van der Waals surface area (Å²) in [6.45, 7) is 4.01. The van der Waals surface area contributed by atoms with Gasteiger partial charge in [-0.25, -0.2) is 4.98 Å². The molecule has 0 aromatic carbocycles. The zero-order valence-electron chi connectivity index (χ0n) is 7.94. The number of nitrogens with zero attached hydrogens (tertiary/aromatic N) is 2. The van der Waals surface area contributed by atoms with Crippen LogP contribution in [-0.4, -0.2) is 16.6 Å². The summed E-state index contributed by atoms with van der Waals surface area (Å²) in [4.78, 5) is 8.44. The minimum atomic E-state index is 0.445. The Morgan fingerprint density at radius 2 is 2.36 bits per heavy atom. The van der Waals surface area contributed by atoms with E-state index in [0.29, 0.717) is 24.2 Å². The van der Waals surface area contributed by atoms with Gasteiger partial charge in [-0.3, -0.25) is 0 Å². The molecule has 1 aliphatic carbocycles. The van der Waals surface area contributed by atoms with Crippen molar-refractivity contribution in [3.63, 3.8) is 0 Å². The molecule has 0 amide bonds. The van der Waals surface area contributed by atoms with Gasteiger partial charge in [-0.15, -0.1) is 0 Å². The normalized spacial score (nSPS) is 15.1. The fourth-order valence-electron chi connectivity index (χ4n) is 1.20.